The molecule has 0 aromatic heterocycles. The van der Waals surface area contributed by atoms with Crippen LogP contribution in [0.4, 0.5) is 11.4 Å². The molecule has 0 bridgehead atoms. The summed E-state index contributed by atoms with van der Waals surface area (Å²) in [5.41, 5.74) is 3.35. The van der Waals surface area contributed by atoms with E-state index in [2.05, 4.69) is 10.6 Å². The molecule has 0 atom stereocenters. The molecule has 6 nitrogen and oxygen atoms in total. The number of ether oxygens (including phenoxy) is 1. The van der Waals surface area contributed by atoms with Crippen molar-refractivity contribution >= 4 is 29.2 Å². The number of anilines is 2. The molecule has 170 valence electrons. The molecular weight excluding hydrogens is 416 g/mol. The van der Waals surface area contributed by atoms with E-state index in [9.17, 15) is 14.4 Å². The van der Waals surface area contributed by atoms with Crippen LogP contribution in [0.2, 0.25) is 0 Å². The standard InChI is InChI=1S/C27H28N2O4/c30-25(15-14-21-8-3-1-4-9-21)28-23-12-7-13-24(20-23)29-26(31)16-17-27(32)33-19-18-22-10-5-2-6-11-22/h1-13,20H,14-19H2,(H,28,30)(H,29,31). The Bertz CT molecular complexity index is 1050. The van der Waals surface area contributed by atoms with Gasteiger partial charge in [0.15, 0.2) is 0 Å². The average Bonchev–Trinajstić information content (AvgIpc) is 2.83. The van der Waals surface area contributed by atoms with E-state index in [1.165, 1.54) is 0 Å². The van der Waals surface area contributed by atoms with Gasteiger partial charge in [0.05, 0.1) is 13.0 Å². The number of hydrogen-bond donors (Lipinski definition) is 2. The molecule has 0 aliphatic rings. The third-order valence-electron chi connectivity index (χ3n) is 4.97. The first-order chi connectivity index (χ1) is 16.1. The van der Waals surface area contributed by atoms with E-state index in [0.29, 0.717) is 30.6 Å². The predicted molar refractivity (Wildman–Crippen MR) is 129 cm³/mol. The van der Waals surface area contributed by atoms with E-state index < -0.39 is 5.97 Å². The predicted octanol–water partition coefficient (Wildman–Crippen LogP) is 4.76. The smallest absolute Gasteiger partial charge is 0.306 e. The van der Waals surface area contributed by atoms with Gasteiger partial charge in [-0.2, -0.15) is 0 Å². The highest BCUT2D eigenvalue weighted by Gasteiger charge is 2.10. The third kappa shape index (κ3) is 8.99. The minimum absolute atomic E-state index is 0.0105. The first-order valence-corrected chi connectivity index (χ1v) is 11.0. The molecule has 3 rings (SSSR count). The molecule has 0 saturated heterocycles. The number of benzene rings is 3. The number of aryl methyl sites for hydroxylation is 1. The number of carbonyl (C=O) groups is 3. The summed E-state index contributed by atoms with van der Waals surface area (Å²) in [6.45, 7) is 0.288. The molecule has 0 aliphatic heterocycles. The monoisotopic (exact) mass is 444 g/mol. The van der Waals surface area contributed by atoms with Crippen molar-refractivity contribution in [1.82, 2.24) is 0 Å². The topological polar surface area (TPSA) is 84.5 Å². The summed E-state index contributed by atoms with van der Waals surface area (Å²) in [5.74, 6) is -0.788. The minimum atomic E-state index is -0.402. The lowest BCUT2D eigenvalue weighted by Crippen LogP contribution is -2.16. The van der Waals surface area contributed by atoms with Crippen LogP contribution in [0.5, 0.6) is 0 Å². The van der Waals surface area contributed by atoms with Gasteiger partial charge in [-0.15, -0.1) is 0 Å². The van der Waals surface area contributed by atoms with Crippen molar-refractivity contribution in [2.24, 2.45) is 0 Å². The molecule has 2 amide bonds. The van der Waals surface area contributed by atoms with Crippen molar-refractivity contribution in [3.8, 4) is 0 Å². The molecule has 0 unspecified atom stereocenters. The Kier molecular flexibility index (Phi) is 9.21. The maximum Gasteiger partial charge on any atom is 0.306 e. The van der Waals surface area contributed by atoms with E-state index in [1.54, 1.807) is 24.3 Å². The fraction of sp³-hybridized carbons (Fsp3) is 0.222. The zero-order valence-corrected chi connectivity index (χ0v) is 18.5. The van der Waals surface area contributed by atoms with Crippen LogP contribution in [0.25, 0.3) is 0 Å². The van der Waals surface area contributed by atoms with Gasteiger partial charge in [0.2, 0.25) is 11.8 Å². The van der Waals surface area contributed by atoms with Gasteiger partial charge >= 0.3 is 5.97 Å². The van der Waals surface area contributed by atoms with Gasteiger partial charge in [-0.3, -0.25) is 14.4 Å². The summed E-state index contributed by atoms with van der Waals surface area (Å²) in [6.07, 6.45) is 1.70. The fourth-order valence-corrected chi connectivity index (χ4v) is 3.24. The third-order valence-corrected chi connectivity index (χ3v) is 4.97. The van der Waals surface area contributed by atoms with Crippen molar-refractivity contribution in [2.45, 2.75) is 32.1 Å². The molecule has 3 aromatic carbocycles. The number of amides is 2. The molecule has 0 aliphatic carbocycles. The van der Waals surface area contributed by atoms with Gasteiger partial charge in [0.1, 0.15) is 0 Å². The first-order valence-electron chi connectivity index (χ1n) is 11.0. The Morgan fingerprint density at radius 1 is 0.606 bits per heavy atom. The number of esters is 1. The maximum atomic E-state index is 12.2. The number of carbonyl (C=O) groups excluding carboxylic acids is 3. The summed E-state index contributed by atoms with van der Waals surface area (Å²) >= 11 is 0. The summed E-state index contributed by atoms with van der Waals surface area (Å²) in [6, 6.07) is 26.5. The molecule has 0 radical (unpaired) electrons. The van der Waals surface area contributed by atoms with Crippen molar-refractivity contribution in [3.05, 3.63) is 96.1 Å². The van der Waals surface area contributed by atoms with Crippen molar-refractivity contribution < 1.29 is 19.1 Å². The van der Waals surface area contributed by atoms with Gasteiger partial charge in [-0.1, -0.05) is 66.7 Å². The van der Waals surface area contributed by atoms with Crippen molar-refractivity contribution in [2.75, 3.05) is 17.2 Å². The normalized spacial score (nSPS) is 10.3. The van der Waals surface area contributed by atoms with Crippen molar-refractivity contribution in [1.29, 1.82) is 0 Å². The number of hydrogen-bond acceptors (Lipinski definition) is 4. The van der Waals surface area contributed by atoms with E-state index in [4.69, 9.17) is 4.74 Å². The second kappa shape index (κ2) is 12.8. The van der Waals surface area contributed by atoms with Crippen LogP contribution in [-0.2, 0) is 32.0 Å². The van der Waals surface area contributed by atoms with Gasteiger partial charge < -0.3 is 15.4 Å². The van der Waals surface area contributed by atoms with Crippen LogP contribution in [-0.4, -0.2) is 24.4 Å². The molecule has 2 N–H and O–H groups in total. The average molecular weight is 445 g/mol. The van der Waals surface area contributed by atoms with Crippen LogP contribution < -0.4 is 10.6 Å². The Morgan fingerprint density at radius 2 is 1.15 bits per heavy atom. The Labute approximate surface area is 194 Å². The molecule has 33 heavy (non-hydrogen) atoms. The zero-order valence-electron chi connectivity index (χ0n) is 18.5. The summed E-state index contributed by atoms with van der Waals surface area (Å²) in [4.78, 5) is 36.3. The molecule has 0 heterocycles. The van der Waals surface area contributed by atoms with Crippen LogP contribution in [0.15, 0.2) is 84.9 Å². The maximum absolute atomic E-state index is 12.2. The van der Waals surface area contributed by atoms with E-state index in [0.717, 1.165) is 11.1 Å². The van der Waals surface area contributed by atoms with Gasteiger partial charge in [0, 0.05) is 30.6 Å². The highest BCUT2D eigenvalue weighted by molar-refractivity contribution is 5.95. The van der Waals surface area contributed by atoms with Gasteiger partial charge in [-0.05, 0) is 35.7 Å². The zero-order chi connectivity index (χ0) is 23.3. The summed E-state index contributed by atoms with van der Waals surface area (Å²) < 4.78 is 5.20. The fourth-order valence-electron chi connectivity index (χ4n) is 3.24. The highest BCUT2D eigenvalue weighted by Crippen LogP contribution is 2.16. The Balaban J connectivity index is 1.36. The van der Waals surface area contributed by atoms with E-state index in [-0.39, 0.29) is 31.3 Å². The van der Waals surface area contributed by atoms with E-state index >= 15 is 0 Å². The van der Waals surface area contributed by atoms with E-state index in [1.807, 2.05) is 60.7 Å². The molecule has 0 fully saturated rings. The molecule has 6 heteroatoms. The lowest BCUT2D eigenvalue weighted by Gasteiger charge is -2.09. The van der Waals surface area contributed by atoms with Crippen molar-refractivity contribution in [3.63, 3.8) is 0 Å². The SMILES string of the molecule is O=C(CCC(=O)OCCc1ccccc1)Nc1cccc(NC(=O)CCc2ccccc2)c1. The second-order valence-corrected chi connectivity index (χ2v) is 7.62. The molecule has 0 saturated carbocycles. The summed E-state index contributed by atoms with van der Waals surface area (Å²) in [7, 11) is 0. The number of rotatable bonds is 11. The van der Waals surface area contributed by atoms with Crippen LogP contribution in [0.3, 0.4) is 0 Å². The van der Waals surface area contributed by atoms with Crippen LogP contribution in [0, 0.1) is 0 Å². The van der Waals surface area contributed by atoms with Crippen LogP contribution in [0.1, 0.15) is 30.4 Å². The Hall–Kier alpha value is -3.93. The molecular formula is C27H28N2O4. The molecule has 0 spiro atoms. The minimum Gasteiger partial charge on any atom is -0.465 e. The lowest BCUT2D eigenvalue weighted by molar-refractivity contribution is -0.144. The van der Waals surface area contributed by atoms with Gasteiger partial charge in [0.25, 0.3) is 0 Å². The second-order valence-electron chi connectivity index (χ2n) is 7.62. The molecule has 3 aromatic rings. The quantitative estimate of drug-likeness (QED) is 0.418. The van der Waals surface area contributed by atoms with Crippen LogP contribution >= 0.6 is 0 Å². The largest absolute Gasteiger partial charge is 0.465 e. The first kappa shape index (κ1) is 23.7. The number of nitrogens with one attached hydrogen (secondary N) is 2. The van der Waals surface area contributed by atoms with Gasteiger partial charge in [-0.25, -0.2) is 0 Å². The lowest BCUT2D eigenvalue weighted by atomic mass is 10.1. The Morgan fingerprint density at radius 3 is 1.76 bits per heavy atom. The highest BCUT2D eigenvalue weighted by atomic mass is 16.5. The summed E-state index contributed by atoms with van der Waals surface area (Å²) in [5, 5.41) is 5.60.